The Balaban J connectivity index is 2.30. The zero-order valence-corrected chi connectivity index (χ0v) is 12.9. The van der Waals surface area contributed by atoms with Crippen LogP contribution in [0.5, 0.6) is 0 Å². The first-order valence-corrected chi connectivity index (χ1v) is 7.51. The smallest absolute Gasteiger partial charge is 0.256 e. The van der Waals surface area contributed by atoms with Crippen molar-refractivity contribution in [1.29, 1.82) is 0 Å². The normalized spacial score (nSPS) is 16.2. The lowest BCUT2D eigenvalue weighted by Gasteiger charge is -2.29. The Hall–Kier alpha value is -1.46. The molecule has 0 unspecified atom stereocenters. The van der Waals surface area contributed by atoms with Gasteiger partial charge in [-0.05, 0) is 25.0 Å². The molecule has 1 amide bonds. The number of hydrogen-bond acceptors (Lipinski definition) is 3. The highest BCUT2D eigenvalue weighted by Gasteiger charge is 2.29. The molecule has 0 atom stereocenters. The summed E-state index contributed by atoms with van der Waals surface area (Å²) in [4.78, 5) is 14.4. The van der Waals surface area contributed by atoms with E-state index in [1.807, 2.05) is 0 Å². The third-order valence-electron chi connectivity index (χ3n) is 3.67. The molecule has 1 aromatic carbocycles. The quantitative estimate of drug-likeness (QED) is 0.385. The monoisotopic (exact) mass is 329 g/mol. The highest BCUT2D eigenvalue weighted by atomic mass is 35.5. The van der Waals surface area contributed by atoms with E-state index in [-0.39, 0.29) is 29.4 Å². The SMILES string of the molecule is NC(CN(C(=O)c1cccc(Cl)c1Cl)C1CCCC1)=NO. The summed E-state index contributed by atoms with van der Waals surface area (Å²) in [5, 5.41) is 12.3. The summed E-state index contributed by atoms with van der Waals surface area (Å²) in [6.07, 6.45) is 3.94. The van der Waals surface area contributed by atoms with Crippen molar-refractivity contribution in [3.05, 3.63) is 33.8 Å². The van der Waals surface area contributed by atoms with Gasteiger partial charge in [-0.25, -0.2) is 0 Å². The number of nitrogens with two attached hydrogens (primary N) is 1. The summed E-state index contributed by atoms with van der Waals surface area (Å²) in [5.41, 5.74) is 5.91. The van der Waals surface area contributed by atoms with Crippen LogP contribution in [0.3, 0.4) is 0 Å². The van der Waals surface area contributed by atoms with Crippen molar-refractivity contribution in [2.75, 3.05) is 6.54 Å². The van der Waals surface area contributed by atoms with Gasteiger partial charge in [-0.3, -0.25) is 4.79 Å². The average Bonchev–Trinajstić information content (AvgIpc) is 3.00. The lowest BCUT2D eigenvalue weighted by molar-refractivity contribution is 0.0712. The third kappa shape index (κ3) is 3.60. The van der Waals surface area contributed by atoms with E-state index in [2.05, 4.69) is 5.16 Å². The molecule has 0 aliphatic heterocycles. The van der Waals surface area contributed by atoms with Crippen LogP contribution in [-0.4, -0.2) is 34.4 Å². The third-order valence-corrected chi connectivity index (χ3v) is 4.49. The van der Waals surface area contributed by atoms with Crippen LogP contribution in [0, 0.1) is 0 Å². The molecular formula is C14H17Cl2N3O2. The molecule has 1 aromatic rings. The van der Waals surface area contributed by atoms with Gasteiger partial charge in [0.25, 0.3) is 5.91 Å². The van der Waals surface area contributed by atoms with Gasteiger partial charge in [0.15, 0.2) is 5.84 Å². The Morgan fingerprint density at radius 1 is 1.38 bits per heavy atom. The molecule has 0 radical (unpaired) electrons. The molecule has 0 bridgehead atoms. The maximum Gasteiger partial charge on any atom is 0.256 e. The number of amides is 1. The van der Waals surface area contributed by atoms with Gasteiger partial charge in [0.1, 0.15) is 0 Å². The standard InChI is InChI=1S/C14H17Cl2N3O2/c15-11-7-3-6-10(13(11)16)14(20)19(8-12(17)18-21)9-4-1-2-5-9/h3,6-7,9,21H,1-2,4-5,8H2,(H2,17,18). The fourth-order valence-corrected chi connectivity index (χ4v) is 2.99. The Labute approximate surface area is 133 Å². The first-order valence-electron chi connectivity index (χ1n) is 6.76. The van der Waals surface area contributed by atoms with E-state index in [4.69, 9.17) is 34.1 Å². The molecule has 0 spiro atoms. The van der Waals surface area contributed by atoms with Crippen LogP contribution >= 0.6 is 23.2 Å². The summed E-state index contributed by atoms with van der Waals surface area (Å²) >= 11 is 12.1. The van der Waals surface area contributed by atoms with Crippen molar-refractivity contribution in [1.82, 2.24) is 4.90 Å². The lowest BCUT2D eigenvalue weighted by atomic mass is 10.1. The molecule has 0 heterocycles. The Morgan fingerprint density at radius 2 is 2.05 bits per heavy atom. The molecule has 7 heteroatoms. The van der Waals surface area contributed by atoms with E-state index in [9.17, 15) is 4.79 Å². The molecular weight excluding hydrogens is 313 g/mol. The van der Waals surface area contributed by atoms with Gasteiger partial charge < -0.3 is 15.8 Å². The number of rotatable bonds is 4. The zero-order valence-electron chi connectivity index (χ0n) is 11.4. The van der Waals surface area contributed by atoms with E-state index in [0.29, 0.717) is 10.6 Å². The number of hydrogen-bond donors (Lipinski definition) is 2. The maximum atomic E-state index is 12.7. The average molecular weight is 330 g/mol. The number of oxime groups is 1. The minimum atomic E-state index is -0.249. The first kappa shape index (κ1) is 15.9. The number of benzene rings is 1. The molecule has 0 aromatic heterocycles. The molecule has 5 nitrogen and oxygen atoms in total. The summed E-state index contributed by atoms with van der Waals surface area (Å²) in [6, 6.07) is 5.01. The lowest BCUT2D eigenvalue weighted by Crippen LogP contribution is -2.44. The maximum absolute atomic E-state index is 12.7. The predicted octanol–water partition coefficient (Wildman–Crippen LogP) is 3.12. The highest BCUT2D eigenvalue weighted by molar-refractivity contribution is 6.43. The van der Waals surface area contributed by atoms with Crippen molar-refractivity contribution < 1.29 is 10.0 Å². The van der Waals surface area contributed by atoms with Crippen LogP contribution in [0.25, 0.3) is 0 Å². The van der Waals surface area contributed by atoms with Crippen molar-refractivity contribution in [3.8, 4) is 0 Å². The van der Waals surface area contributed by atoms with Crippen molar-refractivity contribution in [2.45, 2.75) is 31.7 Å². The second kappa shape index (κ2) is 7.00. The fraction of sp³-hybridized carbons (Fsp3) is 0.429. The Kier molecular flexibility index (Phi) is 5.31. The van der Waals surface area contributed by atoms with E-state index >= 15 is 0 Å². The summed E-state index contributed by atoms with van der Waals surface area (Å²) in [5.74, 6) is -0.255. The minimum Gasteiger partial charge on any atom is -0.409 e. The summed E-state index contributed by atoms with van der Waals surface area (Å²) in [6.45, 7) is 0.0723. The highest BCUT2D eigenvalue weighted by Crippen LogP contribution is 2.29. The Morgan fingerprint density at radius 3 is 2.67 bits per heavy atom. The molecule has 1 fully saturated rings. The topological polar surface area (TPSA) is 78.9 Å². The van der Waals surface area contributed by atoms with Gasteiger partial charge in [0.2, 0.25) is 0 Å². The molecule has 1 saturated carbocycles. The largest absolute Gasteiger partial charge is 0.409 e. The van der Waals surface area contributed by atoms with Crippen LogP contribution in [0.15, 0.2) is 23.4 Å². The predicted molar refractivity (Wildman–Crippen MR) is 83.2 cm³/mol. The van der Waals surface area contributed by atoms with E-state index < -0.39 is 0 Å². The molecule has 2 rings (SSSR count). The van der Waals surface area contributed by atoms with Crippen molar-refractivity contribution >= 4 is 34.9 Å². The number of nitrogens with zero attached hydrogens (tertiary/aromatic N) is 2. The fourth-order valence-electron chi connectivity index (χ4n) is 2.61. The molecule has 3 N–H and O–H groups in total. The van der Waals surface area contributed by atoms with Gasteiger partial charge in [-0.15, -0.1) is 0 Å². The van der Waals surface area contributed by atoms with Crippen LogP contribution in [0.1, 0.15) is 36.0 Å². The van der Waals surface area contributed by atoms with Crippen molar-refractivity contribution in [3.63, 3.8) is 0 Å². The number of carbonyl (C=O) groups is 1. The molecule has 0 saturated heterocycles. The molecule has 1 aliphatic carbocycles. The first-order chi connectivity index (χ1) is 10.0. The molecule has 21 heavy (non-hydrogen) atoms. The van der Waals surface area contributed by atoms with Gasteiger partial charge in [0, 0.05) is 6.04 Å². The van der Waals surface area contributed by atoms with Gasteiger partial charge >= 0.3 is 0 Å². The second-order valence-corrected chi connectivity index (χ2v) is 5.85. The number of amidine groups is 1. The second-order valence-electron chi connectivity index (χ2n) is 5.06. The summed E-state index contributed by atoms with van der Waals surface area (Å²) in [7, 11) is 0. The molecule has 114 valence electrons. The minimum absolute atomic E-state index is 0.00611. The number of halogens is 2. The van der Waals surface area contributed by atoms with E-state index in [1.54, 1.807) is 23.1 Å². The van der Waals surface area contributed by atoms with E-state index in [1.165, 1.54) is 0 Å². The van der Waals surface area contributed by atoms with Gasteiger partial charge in [0.05, 0.1) is 22.2 Å². The van der Waals surface area contributed by atoms with Crippen LogP contribution in [0.4, 0.5) is 0 Å². The molecule has 1 aliphatic rings. The van der Waals surface area contributed by atoms with Gasteiger partial charge in [-0.2, -0.15) is 0 Å². The number of carbonyl (C=O) groups excluding carboxylic acids is 1. The van der Waals surface area contributed by atoms with Crippen LogP contribution < -0.4 is 5.73 Å². The van der Waals surface area contributed by atoms with Crippen LogP contribution in [0.2, 0.25) is 10.0 Å². The Bertz CT molecular complexity index is 557. The van der Waals surface area contributed by atoms with E-state index in [0.717, 1.165) is 25.7 Å². The van der Waals surface area contributed by atoms with Crippen molar-refractivity contribution in [2.24, 2.45) is 10.9 Å². The van der Waals surface area contributed by atoms with Crippen LogP contribution in [-0.2, 0) is 0 Å². The van der Waals surface area contributed by atoms with Gasteiger partial charge in [-0.1, -0.05) is 47.3 Å². The summed E-state index contributed by atoms with van der Waals surface area (Å²) < 4.78 is 0. The zero-order chi connectivity index (χ0) is 15.4.